The molecular formula is C10H18O2. The van der Waals surface area contributed by atoms with Crippen LogP contribution in [0.3, 0.4) is 0 Å². The van der Waals surface area contributed by atoms with Crippen molar-refractivity contribution in [3.63, 3.8) is 0 Å². The summed E-state index contributed by atoms with van der Waals surface area (Å²) in [7, 11) is 0. The summed E-state index contributed by atoms with van der Waals surface area (Å²) < 4.78 is 5.92. The fraction of sp³-hybridized carbons (Fsp3) is 1.00. The van der Waals surface area contributed by atoms with Gasteiger partial charge in [0.25, 0.3) is 0 Å². The first-order chi connectivity index (χ1) is 5.44. The SMILES string of the molecule is CC1(C)O[C@@]2(C)CC[C@@H]1C[C@H]2O. The van der Waals surface area contributed by atoms with Gasteiger partial charge in [-0.3, -0.25) is 0 Å². The van der Waals surface area contributed by atoms with Crippen molar-refractivity contribution in [1.82, 2.24) is 0 Å². The zero-order valence-electron chi connectivity index (χ0n) is 8.13. The van der Waals surface area contributed by atoms with Gasteiger partial charge in [-0.05, 0) is 46.0 Å². The van der Waals surface area contributed by atoms with E-state index in [0.717, 1.165) is 12.8 Å². The molecule has 12 heavy (non-hydrogen) atoms. The van der Waals surface area contributed by atoms with Crippen LogP contribution in [0.1, 0.15) is 40.0 Å². The van der Waals surface area contributed by atoms with Gasteiger partial charge in [0.05, 0.1) is 17.3 Å². The molecule has 3 fully saturated rings. The molecule has 0 radical (unpaired) electrons. The molecule has 70 valence electrons. The van der Waals surface area contributed by atoms with Crippen LogP contribution in [0.15, 0.2) is 0 Å². The molecule has 2 nitrogen and oxygen atoms in total. The van der Waals surface area contributed by atoms with Gasteiger partial charge in [0.1, 0.15) is 0 Å². The summed E-state index contributed by atoms with van der Waals surface area (Å²) >= 11 is 0. The lowest BCUT2D eigenvalue weighted by atomic mass is 9.67. The van der Waals surface area contributed by atoms with E-state index in [9.17, 15) is 5.11 Å². The van der Waals surface area contributed by atoms with E-state index < -0.39 is 0 Å². The molecule has 0 aromatic rings. The Morgan fingerprint density at radius 2 is 2.00 bits per heavy atom. The van der Waals surface area contributed by atoms with Crippen LogP contribution < -0.4 is 0 Å². The fourth-order valence-corrected chi connectivity index (χ4v) is 2.70. The largest absolute Gasteiger partial charge is 0.390 e. The maximum Gasteiger partial charge on any atom is 0.0919 e. The third kappa shape index (κ3) is 1.01. The van der Waals surface area contributed by atoms with Crippen molar-refractivity contribution in [1.29, 1.82) is 0 Å². The van der Waals surface area contributed by atoms with E-state index in [1.807, 2.05) is 6.92 Å². The molecular weight excluding hydrogens is 152 g/mol. The molecule has 2 aliphatic heterocycles. The molecule has 3 aliphatic rings. The average Bonchev–Trinajstić information content (AvgIpc) is 1.91. The minimum atomic E-state index is -0.266. The average molecular weight is 170 g/mol. The van der Waals surface area contributed by atoms with Crippen LogP contribution in [0.25, 0.3) is 0 Å². The number of hydrogen-bond acceptors (Lipinski definition) is 2. The number of rotatable bonds is 0. The molecule has 1 N–H and O–H groups in total. The second-order valence-electron chi connectivity index (χ2n) is 5.01. The Hall–Kier alpha value is -0.0800. The quantitative estimate of drug-likeness (QED) is 0.599. The van der Waals surface area contributed by atoms with Gasteiger partial charge in [0.2, 0.25) is 0 Å². The lowest BCUT2D eigenvalue weighted by molar-refractivity contribution is -0.273. The van der Waals surface area contributed by atoms with Crippen LogP contribution in [-0.2, 0) is 4.74 Å². The zero-order chi connectivity index (χ0) is 8.98. The van der Waals surface area contributed by atoms with Crippen molar-refractivity contribution in [3.8, 4) is 0 Å². The maximum atomic E-state index is 9.77. The lowest BCUT2D eigenvalue weighted by Gasteiger charge is -2.56. The molecule has 0 spiro atoms. The maximum absolute atomic E-state index is 9.77. The van der Waals surface area contributed by atoms with Gasteiger partial charge < -0.3 is 9.84 Å². The third-order valence-electron chi connectivity index (χ3n) is 3.68. The van der Waals surface area contributed by atoms with Crippen molar-refractivity contribution in [2.75, 3.05) is 0 Å². The highest BCUT2D eigenvalue weighted by Crippen LogP contribution is 2.49. The van der Waals surface area contributed by atoms with Crippen molar-refractivity contribution in [2.45, 2.75) is 57.3 Å². The zero-order valence-corrected chi connectivity index (χ0v) is 8.13. The summed E-state index contributed by atoms with van der Waals surface area (Å²) in [6.45, 7) is 6.32. The lowest BCUT2D eigenvalue weighted by Crippen LogP contribution is -2.61. The van der Waals surface area contributed by atoms with Gasteiger partial charge in [0, 0.05) is 0 Å². The predicted octanol–water partition coefficient (Wildman–Crippen LogP) is 1.71. The van der Waals surface area contributed by atoms with Crippen LogP contribution in [0.4, 0.5) is 0 Å². The highest BCUT2D eigenvalue weighted by atomic mass is 16.5. The minimum Gasteiger partial charge on any atom is -0.390 e. The molecule has 0 aromatic heterocycles. The highest BCUT2D eigenvalue weighted by Gasteiger charge is 2.53. The second kappa shape index (κ2) is 2.24. The Kier molecular flexibility index (Phi) is 1.59. The summed E-state index contributed by atoms with van der Waals surface area (Å²) in [4.78, 5) is 0. The molecule has 1 aliphatic carbocycles. The van der Waals surface area contributed by atoms with E-state index >= 15 is 0 Å². The highest BCUT2D eigenvalue weighted by molar-refractivity contribution is 5.02. The molecule has 2 heteroatoms. The topological polar surface area (TPSA) is 29.5 Å². The van der Waals surface area contributed by atoms with E-state index in [-0.39, 0.29) is 17.3 Å². The third-order valence-corrected chi connectivity index (χ3v) is 3.68. The Morgan fingerprint density at radius 1 is 1.33 bits per heavy atom. The molecule has 0 unspecified atom stereocenters. The van der Waals surface area contributed by atoms with Gasteiger partial charge in [0.15, 0.2) is 0 Å². The van der Waals surface area contributed by atoms with Crippen LogP contribution in [0, 0.1) is 5.92 Å². The van der Waals surface area contributed by atoms with Crippen LogP contribution in [-0.4, -0.2) is 22.4 Å². The van der Waals surface area contributed by atoms with Gasteiger partial charge >= 0.3 is 0 Å². The Morgan fingerprint density at radius 3 is 2.33 bits per heavy atom. The van der Waals surface area contributed by atoms with E-state index in [1.54, 1.807) is 0 Å². The number of fused-ring (bicyclic) bond motifs is 3. The Labute approximate surface area is 73.9 Å². The van der Waals surface area contributed by atoms with Gasteiger partial charge in [-0.25, -0.2) is 0 Å². The summed E-state index contributed by atoms with van der Waals surface area (Å²) in [6, 6.07) is 0. The molecule has 0 aromatic carbocycles. The molecule has 3 atom stereocenters. The first kappa shape index (κ1) is 8.52. The van der Waals surface area contributed by atoms with E-state index in [1.165, 1.54) is 6.42 Å². The Balaban J connectivity index is 2.26. The minimum absolute atomic E-state index is 0.0216. The van der Waals surface area contributed by atoms with Crippen molar-refractivity contribution >= 4 is 0 Å². The predicted molar refractivity (Wildman–Crippen MR) is 46.9 cm³/mol. The van der Waals surface area contributed by atoms with Gasteiger partial charge in [-0.2, -0.15) is 0 Å². The van der Waals surface area contributed by atoms with Crippen LogP contribution in [0.2, 0.25) is 0 Å². The van der Waals surface area contributed by atoms with E-state index in [0.29, 0.717) is 5.92 Å². The van der Waals surface area contributed by atoms with E-state index in [4.69, 9.17) is 4.74 Å². The Bertz CT molecular complexity index is 200. The first-order valence-electron chi connectivity index (χ1n) is 4.82. The molecule has 3 rings (SSSR count). The molecule has 0 amide bonds. The number of aliphatic hydroxyl groups excluding tert-OH is 1. The summed E-state index contributed by atoms with van der Waals surface area (Å²) in [5, 5.41) is 9.77. The summed E-state index contributed by atoms with van der Waals surface area (Å²) in [6.07, 6.45) is 2.90. The van der Waals surface area contributed by atoms with Gasteiger partial charge in [-0.15, -0.1) is 0 Å². The second-order valence-corrected chi connectivity index (χ2v) is 5.01. The number of hydrogen-bond donors (Lipinski definition) is 1. The number of aliphatic hydroxyl groups is 1. The van der Waals surface area contributed by atoms with Crippen LogP contribution in [0.5, 0.6) is 0 Å². The smallest absolute Gasteiger partial charge is 0.0919 e. The molecule has 2 saturated heterocycles. The van der Waals surface area contributed by atoms with Crippen molar-refractivity contribution in [3.05, 3.63) is 0 Å². The first-order valence-corrected chi connectivity index (χ1v) is 4.82. The van der Waals surface area contributed by atoms with Crippen molar-refractivity contribution < 1.29 is 9.84 Å². The van der Waals surface area contributed by atoms with Crippen molar-refractivity contribution in [2.24, 2.45) is 5.92 Å². The summed E-state index contributed by atoms with van der Waals surface area (Å²) in [5.74, 6) is 0.550. The molecule has 1 saturated carbocycles. The monoisotopic (exact) mass is 170 g/mol. The van der Waals surface area contributed by atoms with Crippen LogP contribution >= 0.6 is 0 Å². The normalized spacial score (nSPS) is 51.0. The van der Waals surface area contributed by atoms with Gasteiger partial charge in [-0.1, -0.05) is 0 Å². The van der Waals surface area contributed by atoms with E-state index in [2.05, 4.69) is 13.8 Å². The summed E-state index contributed by atoms with van der Waals surface area (Å²) in [5.41, 5.74) is -0.287. The fourth-order valence-electron chi connectivity index (χ4n) is 2.70. The molecule has 2 heterocycles. The molecule has 2 bridgehead atoms. The standard InChI is InChI=1S/C10H18O2/c1-9(2)7-4-5-10(3,12-9)8(11)6-7/h7-8,11H,4-6H2,1-3H3/t7-,8-,10+/m1/s1. The number of ether oxygens (including phenoxy) is 1.